The fourth-order valence-electron chi connectivity index (χ4n) is 2.20. The van der Waals surface area contributed by atoms with E-state index in [4.69, 9.17) is 24.1 Å². The van der Waals surface area contributed by atoms with Gasteiger partial charge in [0.1, 0.15) is 18.9 Å². The van der Waals surface area contributed by atoms with Gasteiger partial charge in [-0.3, -0.25) is 0 Å². The largest absolute Gasteiger partial charge is 0.474 e. The van der Waals surface area contributed by atoms with Crippen molar-refractivity contribution >= 4 is 17.2 Å². The number of aliphatic hydroxyl groups excluding tert-OH is 1. The normalized spacial score (nSPS) is 28.5. The molecular weight excluding hydrogens is 296 g/mol. The lowest BCUT2D eigenvalue weighted by Crippen LogP contribution is -2.40. The molecule has 8 heteroatoms. The SMILES string of the molecule is OCCO/C1=N/[C@]2(CCCCO2)OCCOc2nc1cs2. The highest BCUT2D eigenvalue weighted by Gasteiger charge is 2.36. The Labute approximate surface area is 126 Å². The Hall–Kier alpha value is -1.22. The molecule has 0 radical (unpaired) electrons. The van der Waals surface area contributed by atoms with E-state index in [1.807, 2.05) is 5.38 Å². The first-order valence-electron chi connectivity index (χ1n) is 7.01. The zero-order chi connectivity index (χ0) is 14.5. The average molecular weight is 314 g/mol. The molecule has 1 fully saturated rings. The highest BCUT2D eigenvalue weighted by molar-refractivity contribution is 7.11. The van der Waals surface area contributed by atoms with Crippen molar-refractivity contribution in [1.29, 1.82) is 0 Å². The minimum atomic E-state index is -1.03. The lowest BCUT2D eigenvalue weighted by atomic mass is 10.1. The second-order valence-electron chi connectivity index (χ2n) is 4.70. The monoisotopic (exact) mass is 314 g/mol. The molecule has 7 nitrogen and oxygen atoms in total. The number of nitrogens with zero attached hydrogens (tertiary/aromatic N) is 2. The topological polar surface area (TPSA) is 82.4 Å². The smallest absolute Gasteiger partial charge is 0.273 e. The van der Waals surface area contributed by atoms with Crippen LogP contribution in [0.2, 0.25) is 0 Å². The molecule has 0 amide bonds. The highest BCUT2D eigenvalue weighted by atomic mass is 32.1. The quantitative estimate of drug-likeness (QED) is 0.882. The summed E-state index contributed by atoms with van der Waals surface area (Å²) in [7, 11) is 0. The molecule has 1 aromatic rings. The van der Waals surface area contributed by atoms with Crippen molar-refractivity contribution in [3.05, 3.63) is 11.1 Å². The van der Waals surface area contributed by atoms with Crippen LogP contribution in [0.3, 0.4) is 0 Å². The summed E-state index contributed by atoms with van der Waals surface area (Å²) in [5.41, 5.74) is 0.572. The summed E-state index contributed by atoms with van der Waals surface area (Å²) in [6, 6.07) is 0. The number of ether oxygens (including phenoxy) is 4. The number of aliphatic hydroxyl groups is 1. The van der Waals surface area contributed by atoms with Gasteiger partial charge in [0.25, 0.3) is 11.1 Å². The number of aromatic nitrogens is 1. The molecule has 21 heavy (non-hydrogen) atoms. The maximum atomic E-state index is 8.97. The van der Waals surface area contributed by atoms with E-state index in [0.29, 0.717) is 43.0 Å². The molecule has 3 heterocycles. The van der Waals surface area contributed by atoms with E-state index in [9.17, 15) is 0 Å². The summed E-state index contributed by atoms with van der Waals surface area (Å²) in [5.74, 6) is -0.716. The van der Waals surface area contributed by atoms with Crippen molar-refractivity contribution in [2.75, 3.05) is 33.0 Å². The third-order valence-corrected chi connectivity index (χ3v) is 3.91. The summed E-state index contributed by atoms with van der Waals surface area (Å²) >= 11 is 1.38. The summed E-state index contributed by atoms with van der Waals surface area (Å²) in [6.07, 6.45) is 2.63. The molecular formula is C13H18N2O5S. The third-order valence-electron chi connectivity index (χ3n) is 3.16. The second-order valence-corrected chi connectivity index (χ2v) is 5.52. The molecule has 2 aliphatic rings. The molecule has 3 rings (SSSR count). The maximum absolute atomic E-state index is 8.97. The van der Waals surface area contributed by atoms with Crippen LogP contribution in [0.4, 0.5) is 0 Å². The van der Waals surface area contributed by atoms with Crippen LogP contribution in [-0.2, 0) is 14.2 Å². The van der Waals surface area contributed by atoms with Crippen molar-refractivity contribution in [2.45, 2.75) is 25.2 Å². The Morgan fingerprint density at radius 3 is 3.00 bits per heavy atom. The summed E-state index contributed by atoms with van der Waals surface area (Å²) < 4.78 is 22.6. The molecule has 1 spiro atoms. The Bertz CT molecular complexity index is 499. The van der Waals surface area contributed by atoms with Crippen molar-refractivity contribution in [2.24, 2.45) is 4.99 Å². The van der Waals surface area contributed by atoms with Gasteiger partial charge in [0, 0.05) is 11.8 Å². The van der Waals surface area contributed by atoms with Gasteiger partial charge in [-0.1, -0.05) is 11.3 Å². The highest BCUT2D eigenvalue weighted by Crippen LogP contribution is 2.30. The molecule has 0 aromatic carbocycles. The van der Waals surface area contributed by atoms with Gasteiger partial charge >= 0.3 is 0 Å². The Balaban J connectivity index is 1.93. The van der Waals surface area contributed by atoms with Gasteiger partial charge in [-0.15, -0.1) is 0 Å². The van der Waals surface area contributed by atoms with Gasteiger partial charge in [0.2, 0.25) is 5.90 Å². The molecule has 2 bridgehead atoms. The predicted molar refractivity (Wildman–Crippen MR) is 75.7 cm³/mol. The lowest BCUT2D eigenvalue weighted by molar-refractivity contribution is -0.252. The molecule has 0 unspecified atom stereocenters. The minimum Gasteiger partial charge on any atom is -0.474 e. The van der Waals surface area contributed by atoms with Crippen molar-refractivity contribution in [3.8, 4) is 5.19 Å². The van der Waals surface area contributed by atoms with Gasteiger partial charge < -0.3 is 24.1 Å². The third kappa shape index (κ3) is 3.52. The Morgan fingerprint density at radius 2 is 2.19 bits per heavy atom. The lowest BCUT2D eigenvalue weighted by Gasteiger charge is -2.33. The first-order chi connectivity index (χ1) is 10.3. The maximum Gasteiger partial charge on any atom is 0.273 e. The molecule has 1 saturated heterocycles. The van der Waals surface area contributed by atoms with Gasteiger partial charge in [-0.25, -0.2) is 0 Å². The van der Waals surface area contributed by atoms with Crippen molar-refractivity contribution in [1.82, 2.24) is 4.98 Å². The zero-order valence-electron chi connectivity index (χ0n) is 11.6. The zero-order valence-corrected chi connectivity index (χ0v) is 12.4. The van der Waals surface area contributed by atoms with Crippen LogP contribution in [-0.4, -0.2) is 54.9 Å². The van der Waals surface area contributed by atoms with Gasteiger partial charge in [-0.05, 0) is 12.8 Å². The van der Waals surface area contributed by atoms with Crippen molar-refractivity contribution < 1.29 is 24.1 Å². The fourth-order valence-corrected chi connectivity index (χ4v) is 2.87. The van der Waals surface area contributed by atoms with E-state index >= 15 is 0 Å². The van der Waals surface area contributed by atoms with E-state index in [2.05, 4.69) is 9.98 Å². The van der Waals surface area contributed by atoms with E-state index in [0.717, 1.165) is 12.8 Å². The molecule has 1 aromatic heterocycles. The summed E-state index contributed by atoms with van der Waals surface area (Å²) in [5, 5.41) is 11.3. The van der Waals surface area contributed by atoms with Gasteiger partial charge in [0.05, 0.1) is 19.8 Å². The summed E-state index contributed by atoms with van der Waals surface area (Å²) in [4.78, 5) is 8.87. The van der Waals surface area contributed by atoms with Gasteiger partial charge in [0.15, 0.2) is 0 Å². The van der Waals surface area contributed by atoms with Crippen LogP contribution in [0.25, 0.3) is 0 Å². The second kappa shape index (κ2) is 6.69. The minimum absolute atomic E-state index is 0.0960. The molecule has 1 atom stereocenters. The van der Waals surface area contributed by atoms with Crippen LogP contribution in [0.15, 0.2) is 10.4 Å². The number of rotatable bonds is 2. The average Bonchev–Trinajstić information content (AvgIpc) is 2.97. The Morgan fingerprint density at radius 1 is 1.29 bits per heavy atom. The summed E-state index contributed by atoms with van der Waals surface area (Å²) in [6.45, 7) is 1.41. The van der Waals surface area contributed by atoms with Crippen molar-refractivity contribution in [3.63, 3.8) is 0 Å². The fraction of sp³-hybridized carbons (Fsp3) is 0.692. The van der Waals surface area contributed by atoms with E-state index < -0.39 is 5.91 Å². The molecule has 0 saturated carbocycles. The molecule has 116 valence electrons. The first-order valence-corrected chi connectivity index (χ1v) is 7.89. The number of hydrogen-bond acceptors (Lipinski definition) is 8. The molecule has 1 N–H and O–H groups in total. The van der Waals surface area contributed by atoms with Crippen LogP contribution < -0.4 is 4.74 Å². The number of thiazole rings is 1. The molecule has 0 aliphatic carbocycles. The van der Waals surface area contributed by atoms with Crippen LogP contribution in [0.1, 0.15) is 25.0 Å². The number of fused-ring (bicyclic) bond motifs is 2. The molecule has 2 aliphatic heterocycles. The number of aliphatic imine (C=N–C) groups is 1. The van der Waals surface area contributed by atoms with E-state index in [1.54, 1.807) is 0 Å². The van der Waals surface area contributed by atoms with Crippen LogP contribution in [0, 0.1) is 0 Å². The van der Waals surface area contributed by atoms with E-state index in [1.165, 1.54) is 11.3 Å². The van der Waals surface area contributed by atoms with Gasteiger partial charge in [-0.2, -0.15) is 9.98 Å². The predicted octanol–water partition coefficient (Wildman–Crippen LogP) is 1.16. The van der Waals surface area contributed by atoms with E-state index in [-0.39, 0.29) is 13.2 Å². The van der Waals surface area contributed by atoms with Crippen LogP contribution in [0.5, 0.6) is 5.19 Å². The standard InChI is InChI=1S/C13H18N2O5S/c16-4-6-17-11-10-9-21-12(14-10)18-7-8-20-13(15-11)3-1-2-5-19-13/h9,16H,1-8H2/b15-11+/t13-/m0/s1. The Kier molecular flexibility index (Phi) is 4.69. The number of hydrogen-bond donors (Lipinski definition) is 1. The first kappa shape index (κ1) is 14.7. The van der Waals surface area contributed by atoms with Crippen LogP contribution >= 0.6 is 11.3 Å².